The van der Waals surface area contributed by atoms with E-state index in [1.54, 1.807) is 0 Å². The fourth-order valence-corrected chi connectivity index (χ4v) is 1.90. The monoisotopic (exact) mass is 417 g/mol. The molecule has 0 aromatic heterocycles. The first-order valence-corrected chi connectivity index (χ1v) is 5.58. The lowest BCUT2D eigenvalue weighted by Gasteiger charge is -2.27. The normalized spacial score (nSPS) is 14.7. The summed E-state index contributed by atoms with van der Waals surface area (Å²) in [6, 6.07) is -0.203. The van der Waals surface area contributed by atoms with E-state index < -0.39 is 58.7 Å². The lowest BCUT2D eigenvalue weighted by molar-refractivity contribution is -0.189. The van der Waals surface area contributed by atoms with E-state index in [4.69, 9.17) is 0 Å². The summed E-state index contributed by atoms with van der Waals surface area (Å²) in [6.45, 7) is 0. The highest BCUT2D eigenvalue weighted by atomic mass is 19.4. The van der Waals surface area contributed by atoms with Crippen molar-refractivity contribution in [3.05, 3.63) is 33.9 Å². The molecule has 0 saturated heterocycles. The van der Waals surface area contributed by atoms with E-state index in [-0.39, 0.29) is 6.07 Å². The molecule has 26 heavy (non-hydrogen) atoms. The predicted molar refractivity (Wildman–Crippen MR) is 50.3 cm³/mol. The van der Waals surface area contributed by atoms with Crippen molar-refractivity contribution in [1.29, 1.82) is 0 Å². The maximum absolute atomic E-state index is 12.8. The van der Waals surface area contributed by atoms with Gasteiger partial charge in [-0.1, -0.05) is 0 Å². The smallest absolute Gasteiger partial charge is 0.166 e. The van der Waals surface area contributed by atoms with Crippen molar-refractivity contribution in [1.82, 2.24) is 0 Å². The van der Waals surface area contributed by atoms with Gasteiger partial charge in [0.15, 0.2) is 0 Å². The second kappa shape index (κ2) is 5.84. The summed E-state index contributed by atoms with van der Waals surface area (Å²) < 4.78 is 190. The summed E-state index contributed by atoms with van der Waals surface area (Å²) in [6.07, 6.45) is -33.3. The van der Waals surface area contributed by atoms with E-state index in [1.165, 1.54) is 0 Å². The predicted octanol–water partition coefficient (Wildman–Crippen LogP) is 6.58. The van der Waals surface area contributed by atoms with Gasteiger partial charge in [0.25, 0.3) is 0 Å². The number of rotatable bonds is 0. The molecular weight excluding hydrogens is 417 g/mol. The van der Waals surface area contributed by atoms with Crippen LogP contribution in [0, 0.1) is 6.07 Å². The Kier molecular flexibility index (Phi) is 4.99. The lowest BCUT2D eigenvalue weighted by Crippen LogP contribution is -2.31. The maximum Gasteiger partial charge on any atom is 0.417 e. The molecule has 0 saturated carbocycles. The molecule has 0 N–H and O–H groups in total. The van der Waals surface area contributed by atoms with Crippen LogP contribution in [-0.4, -0.2) is 0 Å². The molecular formula is C11F15. The zero-order valence-electron chi connectivity index (χ0n) is 11.2. The standard InChI is InChI=1S/C11F15/c12-7(13,14)2-1-3(8(15,16)17)5(10(21,22)23)6(11(24,25)26)4(2)9(18,19)20. The van der Waals surface area contributed by atoms with E-state index in [1.807, 2.05) is 0 Å². The molecule has 0 bridgehead atoms. The molecule has 1 rings (SSSR count). The third-order valence-corrected chi connectivity index (χ3v) is 2.67. The fourth-order valence-electron chi connectivity index (χ4n) is 1.90. The van der Waals surface area contributed by atoms with Crippen molar-refractivity contribution in [3.63, 3.8) is 0 Å². The average molecular weight is 417 g/mol. The second-order valence-electron chi connectivity index (χ2n) is 4.49. The van der Waals surface area contributed by atoms with Gasteiger partial charge in [0.05, 0.1) is 27.8 Å². The minimum absolute atomic E-state index is 0.203. The Hall–Kier alpha value is -1.83. The van der Waals surface area contributed by atoms with E-state index in [2.05, 4.69) is 0 Å². The summed E-state index contributed by atoms with van der Waals surface area (Å²) in [5, 5.41) is 0. The quantitative estimate of drug-likeness (QED) is 0.419. The second-order valence-corrected chi connectivity index (χ2v) is 4.49. The first-order chi connectivity index (χ1) is 11.1. The Morgan fingerprint density at radius 2 is 0.577 bits per heavy atom. The van der Waals surface area contributed by atoms with E-state index in [0.717, 1.165) is 0 Å². The Bertz CT molecular complexity index is 626. The molecule has 0 spiro atoms. The molecule has 1 radical (unpaired) electrons. The minimum atomic E-state index is -6.86. The molecule has 149 valence electrons. The van der Waals surface area contributed by atoms with Crippen LogP contribution in [0.4, 0.5) is 65.9 Å². The molecule has 0 aliphatic carbocycles. The van der Waals surface area contributed by atoms with Crippen molar-refractivity contribution >= 4 is 0 Å². The highest BCUT2D eigenvalue weighted by molar-refractivity contribution is 5.52. The lowest BCUT2D eigenvalue weighted by atomic mass is 9.89. The maximum atomic E-state index is 12.8. The van der Waals surface area contributed by atoms with Crippen molar-refractivity contribution in [2.45, 2.75) is 30.9 Å². The number of halogens is 15. The van der Waals surface area contributed by atoms with E-state index in [0.29, 0.717) is 0 Å². The molecule has 0 atom stereocenters. The highest BCUT2D eigenvalue weighted by Crippen LogP contribution is 2.54. The molecule has 1 aromatic carbocycles. The first-order valence-electron chi connectivity index (χ1n) is 5.58. The molecule has 0 aliphatic heterocycles. The molecule has 0 nitrogen and oxygen atoms in total. The Labute approximate surface area is 132 Å². The zero-order valence-corrected chi connectivity index (χ0v) is 11.2. The summed E-state index contributed by atoms with van der Waals surface area (Å²) >= 11 is 0. The van der Waals surface area contributed by atoms with Gasteiger partial charge in [-0.05, 0) is 0 Å². The van der Waals surface area contributed by atoms with Gasteiger partial charge in [0.2, 0.25) is 0 Å². The number of hydrogen-bond donors (Lipinski definition) is 0. The molecule has 0 aliphatic rings. The van der Waals surface area contributed by atoms with Gasteiger partial charge in [0, 0.05) is 6.07 Å². The van der Waals surface area contributed by atoms with E-state index >= 15 is 0 Å². The van der Waals surface area contributed by atoms with Gasteiger partial charge in [0.1, 0.15) is 0 Å². The van der Waals surface area contributed by atoms with Crippen LogP contribution in [0.25, 0.3) is 0 Å². The van der Waals surface area contributed by atoms with Crippen molar-refractivity contribution in [2.75, 3.05) is 0 Å². The van der Waals surface area contributed by atoms with Crippen LogP contribution in [0.2, 0.25) is 0 Å². The molecule has 0 fully saturated rings. The van der Waals surface area contributed by atoms with Gasteiger partial charge in [-0.3, -0.25) is 0 Å². The highest BCUT2D eigenvalue weighted by Gasteiger charge is 2.58. The molecule has 0 heterocycles. The molecule has 1 aromatic rings. The Balaban J connectivity index is 4.41. The van der Waals surface area contributed by atoms with Crippen LogP contribution in [0.15, 0.2) is 0 Å². The fraction of sp³-hybridized carbons (Fsp3) is 0.455. The van der Waals surface area contributed by atoms with Crippen molar-refractivity contribution in [2.24, 2.45) is 0 Å². The number of alkyl halides is 15. The molecule has 0 unspecified atom stereocenters. The van der Waals surface area contributed by atoms with Gasteiger partial charge >= 0.3 is 30.9 Å². The Morgan fingerprint density at radius 1 is 0.346 bits per heavy atom. The average Bonchev–Trinajstić information content (AvgIpc) is 2.30. The topological polar surface area (TPSA) is 0 Å². The number of hydrogen-bond acceptors (Lipinski definition) is 0. The summed E-state index contributed by atoms with van der Waals surface area (Å²) in [4.78, 5) is 0. The third-order valence-electron chi connectivity index (χ3n) is 2.67. The van der Waals surface area contributed by atoms with Crippen LogP contribution in [-0.2, 0) is 30.9 Å². The van der Waals surface area contributed by atoms with Crippen LogP contribution in [0.5, 0.6) is 0 Å². The summed E-state index contributed by atoms with van der Waals surface area (Å²) in [7, 11) is 0. The summed E-state index contributed by atoms with van der Waals surface area (Å²) in [5.74, 6) is 0. The van der Waals surface area contributed by atoms with Crippen molar-refractivity contribution in [3.8, 4) is 0 Å². The summed E-state index contributed by atoms with van der Waals surface area (Å²) in [5.41, 5.74) is -19.4. The van der Waals surface area contributed by atoms with E-state index in [9.17, 15) is 65.9 Å². The van der Waals surface area contributed by atoms with Gasteiger partial charge < -0.3 is 0 Å². The molecule has 15 heteroatoms. The Morgan fingerprint density at radius 3 is 0.731 bits per heavy atom. The van der Waals surface area contributed by atoms with Crippen molar-refractivity contribution < 1.29 is 65.9 Å². The van der Waals surface area contributed by atoms with Crippen LogP contribution in [0.3, 0.4) is 0 Å². The van der Waals surface area contributed by atoms with Gasteiger partial charge in [-0.15, -0.1) is 0 Å². The van der Waals surface area contributed by atoms with Gasteiger partial charge in [-0.2, -0.15) is 65.9 Å². The van der Waals surface area contributed by atoms with Crippen LogP contribution < -0.4 is 0 Å². The van der Waals surface area contributed by atoms with Gasteiger partial charge in [-0.25, -0.2) is 0 Å². The SMILES string of the molecule is FC(F)(F)c1[c]c(C(F)(F)F)c(C(F)(F)F)c(C(F)(F)F)c1C(F)(F)F. The van der Waals surface area contributed by atoms with Crippen LogP contribution in [0.1, 0.15) is 27.8 Å². The largest absolute Gasteiger partial charge is 0.417 e. The zero-order chi connectivity index (χ0) is 21.1. The number of benzene rings is 1. The first kappa shape index (κ1) is 22.2. The third kappa shape index (κ3) is 4.28. The minimum Gasteiger partial charge on any atom is -0.166 e. The molecule has 0 amide bonds. The van der Waals surface area contributed by atoms with Crippen LogP contribution >= 0.6 is 0 Å².